The van der Waals surface area contributed by atoms with Crippen molar-refractivity contribution in [1.82, 2.24) is 10.2 Å². The van der Waals surface area contributed by atoms with E-state index >= 15 is 0 Å². The molecule has 1 aliphatic heterocycles. The molecular weight excluding hydrogens is 322 g/mol. The lowest BCUT2D eigenvalue weighted by Crippen LogP contribution is -2.61. The highest BCUT2D eigenvalue weighted by Crippen LogP contribution is 2.44. The van der Waals surface area contributed by atoms with E-state index in [1.165, 1.54) is 0 Å². The highest BCUT2D eigenvalue weighted by Gasteiger charge is 2.61. The maximum absolute atomic E-state index is 14.1. The van der Waals surface area contributed by atoms with Crippen molar-refractivity contribution in [3.63, 3.8) is 0 Å². The molecule has 0 aromatic carbocycles. The first kappa shape index (κ1) is 16.8. The topological polar surface area (TPSA) is 52.6 Å². The third-order valence-electron chi connectivity index (χ3n) is 4.96. The Balaban J connectivity index is 1.65. The number of alkyl halides is 2. The van der Waals surface area contributed by atoms with Crippen molar-refractivity contribution in [2.24, 2.45) is 0 Å². The summed E-state index contributed by atoms with van der Waals surface area (Å²) in [5, 5.41) is 14.2. The molecule has 1 amide bonds. The number of nitrogens with one attached hydrogen (secondary N) is 1. The second-order valence-corrected chi connectivity index (χ2v) is 7.42. The Bertz CT molecular complexity index is 540. The first-order chi connectivity index (χ1) is 10.9. The van der Waals surface area contributed by atoms with Gasteiger partial charge in [0, 0.05) is 11.4 Å². The molecule has 1 saturated heterocycles. The van der Waals surface area contributed by atoms with E-state index in [-0.39, 0.29) is 25.4 Å². The highest BCUT2D eigenvalue weighted by molar-refractivity contribution is 7.10. The molecule has 0 bridgehead atoms. The molecular formula is C16H22F2N2O2S. The maximum atomic E-state index is 14.1. The van der Waals surface area contributed by atoms with Crippen LogP contribution in [0.2, 0.25) is 0 Å². The van der Waals surface area contributed by atoms with E-state index in [1.807, 2.05) is 17.5 Å². The van der Waals surface area contributed by atoms with Gasteiger partial charge in [-0.1, -0.05) is 6.07 Å². The van der Waals surface area contributed by atoms with Gasteiger partial charge in [-0.3, -0.25) is 9.69 Å². The number of hydrogen-bond acceptors (Lipinski definition) is 4. The molecule has 23 heavy (non-hydrogen) atoms. The lowest BCUT2D eigenvalue weighted by molar-refractivity contribution is -0.216. The minimum absolute atomic E-state index is 0.0199. The van der Waals surface area contributed by atoms with Crippen molar-refractivity contribution in [2.75, 3.05) is 19.6 Å². The van der Waals surface area contributed by atoms with E-state index in [1.54, 1.807) is 11.3 Å². The Hall–Kier alpha value is -1.05. The van der Waals surface area contributed by atoms with E-state index in [9.17, 15) is 18.7 Å². The molecule has 2 aliphatic rings. The molecule has 2 N–H and O–H groups in total. The van der Waals surface area contributed by atoms with Crippen LogP contribution >= 0.6 is 11.3 Å². The first-order valence-corrected chi connectivity index (χ1v) is 8.98. The van der Waals surface area contributed by atoms with Gasteiger partial charge in [-0.05, 0) is 56.6 Å². The van der Waals surface area contributed by atoms with Crippen LogP contribution in [0.25, 0.3) is 0 Å². The van der Waals surface area contributed by atoms with Gasteiger partial charge < -0.3 is 10.4 Å². The van der Waals surface area contributed by atoms with Crippen molar-refractivity contribution in [1.29, 1.82) is 0 Å². The van der Waals surface area contributed by atoms with Crippen molar-refractivity contribution >= 4 is 17.2 Å². The summed E-state index contributed by atoms with van der Waals surface area (Å²) >= 11 is 1.57. The molecule has 4 nitrogen and oxygen atoms in total. The quantitative estimate of drug-likeness (QED) is 0.834. The number of aliphatic hydroxyl groups is 1. The van der Waals surface area contributed by atoms with Crippen LogP contribution in [0.1, 0.15) is 43.0 Å². The third kappa shape index (κ3) is 3.14. The van der Waals surface area contributed by atoms with E-state index in [4.69, 9.17) is 0 Å². The van der Waals surface area contributed by atoms with Crippen LogP contribution in [0.15, 0.2) is 17.5 Å². The van der Waals surface area contributed by atoms with Crippen molar-refractivity contribution in [3.05, 3.63) is 22.4 Å². The van der Waals surface area contributed by atoms with Crippen molar-refractivity contribution in [3.8, 4) is 0 Å². The Morgan fingerprint density at radius 1 is 1.39 bits per heavy atom. The summed E-state index contributed by atoms with van der Waals surface area (Å²) in [6, 6.07) is 3.82. The van der Waals surface area contributed by atoms with E-state index < -0.39 is 17.4 Å². The van der Waals surface area contributed by atoms with Gasteiger partial charge in [-0.25, -0.2) is 0 Å². The Kier molecular flexibility index (Phi) is 4.71. The van der Waals surface area contributed by atoms with Crippen LogP contribution in [-0.4, -0.2) is 47.1 Å². The lowest BCUT2D eigenvalue weighted by Gasteiger charge is -2.41. The summed E-state index contributed by atoms with van der Waals surface area (Å²) in [4.78, 5) is 15.2. The predicted octanol–water partition coefficient (Wildman–Crippen LogP) is 2.55. The van der Waals surface area contributed by atoms with Crippen molar-refractivity contribution in [2.45, 2.75) is 49.7 Å². The summed E-state index contributed by atoms with van der Waals surface area (Å²) in [6.45, 7) is 1.97. The van der Waals surface area contributed by atoms with Crippen LogP contribution in [-0.2, 0) is 4.79 Å². The summed E-state index contributed by atoms with van der Waals surface area (Å²) in [7, 11) is 0. The zero-order valence-corrected chi connectivity index (χ0v) is 13.7. The first-order valence-electron chi connectivity index (χ1n) is 8.10. The summed E-state index contributed by atoms with van der Waals surface area (Å²) in [6.07, 6.45) is 2.67. The molecule has 1 aromatic rings. The smallest absolute Gasteiger partial charge is 0.352 e. The van der Waals surface area contributed by atoms with Gasteiger partial charge in [0.1, 0.15) is 5.60 Å². The molecule has 1 aliphatic carbocycles. The fourth-order valence-electron chi connectivity index (χ4n) is 3.28. The van der Waals surface area contributed by atoms with E-state index in [0.29, 0.717) is 6.42 Å². The number of carbonyl (C=O) groups excluding carboxylic acids is 1. The average molecular weight is 344 g/mol. The minimum Gasteiger partial charge on any atom is -0.383 e. The number of nitrogens with zero attached hydrogens (tertiary/aromatic N) is 1. The van der Waals surface area contributed by atoms with Gasteiger partial charge in [0.05, 0.1) is 6.04 Å². The Labute approximate surface area is 138 Å². The number of rotatable bonds is 6. The molecule has 0 radical (unpaired) electrons. The van der Waals surface area contributed by atoms with Gasteiger partial charge in [-0.2, -0.15) is 8.78 Å². The SMILES string of the molecule is O=C(NCC(c1cccs1)N1CCCC1)C(F)(F)C1(O)CCC1. The molecule has 0 spiro atoms. The second kappa shape index (κ2) is 6.45. The second-order valence-electron chi connectivity index (χ2n) is 6.44. The number of carbonyl (C=O) groups is 1. The largest absolute Gasteiger partial charge is 0.383 e. The number of thiophene rings is 1. The van der Waals surface area contributed by atoms with Gasteiger partial charge in [0.25, 0.3) is 5.91 Å². The lowest BCUT2D eigenvalue weighted by atomic mass is 9.75. The van der Waals surface area contributed by atoms with Gasteiger partial charge in [0.2, 0.25) is 0 Å². The monoisotopic (exact) mass is 344 g/mol. The van der Waals surface area contributed by atoms with Crippen LogP contribution in [0, 0.1) is 0 Å². The fraction of sp³-hybridized carbons (Fsp3) is 0.688. The summed E-state index contributed by atoms with van der Waals surface area (Å²) < 4.78 is 28.3. The third-order valence-corrected chi connectivity index (χ3v) is 5.93. The van der Waals surface area contributed by atoms with Crippen molar-refractivity contribution < 1.29 is 18.7 Å². The minimum atomic E-state index is -3.73. The molecule has 128 valence electrons. The zero-order chi connectivity index (χ0) is 16.5. The van der Waals surface area contributed by atoms with Crippen LogP contribution in [0.5, 0.6) is 0 Å². The van der Waals surface area contributed by atoms with Gasteiger partial charge in [-0.15, -0.1) is 11.3 Å². The molecule has 1 saturated carbocycles. The summed E-state index contributed by atoms with van der Waals surface area (Å²) in [5.41, 5.74) is -2.16. The predicted molar refractivity (Wildman–Crippen MR) is 84.6 cm³/mol. The van der Waals surface area contributed by atoms with Crippen LogP contribution in [0.4, 0.5) is 8.78 Å². The molecule has 1 atom stereocenters. The Morgan fingerprint density at radius 2 is 2.09 bits per heavy atom. The number of amides is 1. The van der Waals surface area contributed by atoms with Gasteiger partial charge in [0.15, 0.2) is 0 Å². The molecule has 2 heterocycles. The standard InChI is InChI=1S/C16H22F2N2O2S/c17-16(18,15(22)6-4-7-15)14(21)19-11-12(13-5-3-10-23-13)20-8-1-2-9-20/h3,5,10,12,22H,1-2,4,6-9,11H2,(H,19,21). The summed E-state index contributed by atoms with van der Waals surface area (Å²) in [5.74, 6) is -5.09. The molecule has 7 heteroatoms. The van der Waals surface area contributed by atoms with Crippen LogP contribution < -0.4 is 5.32 Å². The van der Waals surface area contributed by atoms with Crippen LogP contribution in [0.3, 0.4) is 0 Å². The maximum Gasteiger partial charge on any atom is 0.352 e. The molecule has 1 unspecified atom stereocenters. The van der Waals surface area contributed by atoms with E-state index in [2.05, 4.69) is 10.2 Å². The number of likely N-dealkylation sites (tertiary alicyclic amines) is 1. The molecule has 3 rings (SSSR count). The number of halogens is 2. The molecule has 1 aromatic heterocycles. The average Bonchev–Trinajstić information content (AvgIpc) is 3.18. The highest BCUT2D eigenvalue weighted by atomic mass is 32.1. The van der Waals surface area contributed by atoms with E-state index in [0.717, 1.165) is 30.8 Å². The molecule has 2 fully saturated rings. The number of hydrogen-bond donors (Lipinski definition) is 2. The normalized spacial score (nSPS) is 22.6. The fourth-order valence-corrected chi connectivity index (χ4v) is 4.14. The zero-order valence-electron chi connectivity index (χ0n) is 12.9. The van der Waals surface area contributed by atoms with Gasteiger partial charge >= 0.3 is 5.92 Å². The Morgan fingerprint density at radius 3 is 2.61 bits per heavy atom.